The molecule has 8 heteroatoms. The minimum absolute atomic E-state index is 0.0716. The van der Waals surface area contributed by atoms with E-state index in [9.17, 15) is 14.7 Å². The molecule has 1 heterocycles. The number of carbonyl (C=O) groups is 2. The van der Waals surface area contributed by atoms with Gasteiger partial charge in [0.1, 0.15) is 11.5 Å². The van der Waals surface area contributed by atoms with Gasteiger partial charge in [0.15, 0.2) is 5.75 Å². The minimum atomic E-state index is -0.902. The Morgan fingerprint density at radius 3 is 2.18 bits per heavy atom. The Kier molecular flexibility index (Phi) is 7.77. The largest absolute Gasteiger partial charge is 0.507 e. The van der Waals surface area contributed by atoms with Gasteiger partial charge in [-0.05, 0) is 47.7 Å². The summed E-state index contributed by atoms with van der Waals surface area (Å²) in [5.74, 6) is -1.17. The number of rotatable bonds is 6. The van der Waals surface area contributed by atoms with Crippen LogP contribution in [0.3, 0.4) is 0 Å². The summed E-state index contributed by atoms with van der Waals surface area (Å²) in [6.07, 6.45) is 0. The van der Waals surface area contributed by atoms with E-state index in [0.717, 1.165) is 5.56 Å². The number of hydrogen-bond donors (Lipinski definition) is 1. The zero-order chi connectivity index (χ0) is 27.8. The quantitative estimate of drug-likeness (QED) is 0.196. The van der Waals surface area contributed by atoms with E-state index in [1.165, 1.54) is 24.1 Å². The molecule has 3 aromatic rings. The number of Topliss-reactive ketones (excluding diaryl/α,β-unsaturated/α-hetero) is 1. The Morgan fingerprint density at radius 2 is 1.63 bits per heavy atom. The van der Waals surface area contributed by atoms with E-state index < -0.39 is 17.7 Å². The molecule has 1 fully saturated rings. The number of amides is 1. The zero-order valence-electron chi connectivity index (χ0n) is 21.8. The first-order valence-electron chi connectivity index (χ1n) is 12.2. The first-order chi connectivity index (χ1) is 18.0. The average Bonchev–Trinajstić information content (AvgIpc) is 3.13. The van der Waals surface area contributed by atoms with Gasteiger partial charge in [-0.25, -0.2) is 0 Å². The number of ether oxygens (including phenoxy) is 2. The molecule has 0 radical (unpaired) electrons. The highest BCUT2D eigenvalue weighted by Gasteiger charge is 2.47. The molecule has 4 rings (SSSR count). The summed E-state index contributed by atoms with van der Waals surface area (Å²) in [6.45, 7) is 8.61. The number of ketones is 1. The van der Waals surface area contributed by atoms with Crippen LogP contribution in [0.5, 0.6) is 11.5 Å². The first-order valence-corrected chi connectivity index (χ1v) is 12.9. The normalized spacial score (nSPS) is 17.1. The van der Waals surface area contributed by atoms with Gasteiger partial charge in [-0.15, -0.1) is 0 Å². The molecule has 1 aliphatic heterocycles. The SMILES string of the molecule is CCOc1cccc(N2C(=O)C(=O)/C(=C(/O)c3cc(Cl)c(OC)c(Cl)c3)C2c2ccc(C(C)(C)C)cc2)c1. The Hall–Kier alpha value is -3.48. The molecular formula is C30H29Cl2NO5. The molecule has 1 N–H and O–H groups in total. The predicted octanol–water partition coefficient (Wildman–Crippen LogP) is 7.32. The second-order valence-corrected chi connectivity index (χ2v) is 10.8. The number of hydrogen-bond acceptors (Lipinski definition) is 5. The van der Waals surface area contributed by atoms with Crippen LogP contribution in [0.15, 0.2) is 66.2 Å². The Morgan fingerprint density at radius 1 is 1.00 bits per heavy atom. The molecule has 1 amide bonds. The number of anilines is 1. The molecule has 0 aliphatic carbocycles. The maximum Gasteiger partial charge on any atom is 0.300 e. The third kappa shape index (κ3) is 5.11. The molecule has 3 aromatic carbocycles. The Balaban J connectivity index is 1.94. The van der Waals surface area contributed by atoms with Crippen LogP contribution in [0.25, 0.3) is 5.76 Å². The van der Waals surface area contributed by atoms with E-state index in [-0.39, 0.29) is 38.1 Å². The van der Waals surface area contributed by atoms with Crippen LogP contribution in [0.1, 0.15) is 50.4 Å². The van der Waals surface area contributed by atoms with E-state index in [1.807, 2.05) is 31.2 Å². The van der Waals surface area contributed by atoms with Crippen molar-refractivity contribution in [2.75, 3.05) is 18.6 Å². The molecule has 1 unspecified atom stereocenters. The molecule has 1 saturated heterocycles. The molecule has 0 spiro atoms. The monoisotopic (exact) mass is 553 g/mol. The molecule has 1 atom stereocenters. The third-order valence-corrected chi connectivity index (χ3v) is 6.98. The summed E-state index contributed by atoms with van der Waals surface area (Å²) in [4.78, 5) is 28.4. The van der Waals surface area contributed by atoms with Crippen molar-refractivity contribution in [2.45, 2.75) is 39.2 Å². The van der Waals surface area contributed by atoms with Gasteiger partial charge in [0.25, 0.3) is 11.7 Å². The van der Waals surface area contributed by atoms with Crippen molar-refractivity contribution in [3.63, 3.8) is 0 Å². The fraction of sp³-hybridized carbons (Fsp3) is 0.267. The number of halogens is 2. The van der Waals surface area contributed by atoms with Gasteiger partial charge in [-0.2, -0.15) is 0 Å². The van der Waals surface area contributed by atoms with Gasteiger partial charge in [0.2, 0.25) is 0 Å². The fourth-order valence-corrected chi connectivity index (χ4v) is 5.16. The molecule has 6 nitrogen and oxygen atoms in total. The van der Waals surface area contributed by atoms with Crippen molar-refractivity contribution in [1.29, 1.82) is 0 Å². The van der Waals surface area contributed by atoms with Crippen LogP contribution >= 0.6 is 23.2 Å². The smallest absolute Gasteiger partial charge is 0.300 e. The highest BCUT2D eigenvalue weighted by molar-refractivity contribution is 6.51. The molecule has 38 heavy (non-hydrogen) atoms. The average molecular weight is 554 g/mol. The van der Waals surface area contributed by atoms with Crippen molar-refractivity contribution in [1.82, 2.24) is 0 Å². The summed E-state index contributed by atoms with van der Waals surface area (Å²) >= 11 is 12.6. The number of benzene rings is 3. The summed E-state index contributed by atoms with van der Waals surface area (Å²) in [5, 5.41) is 11.8. The zero-order valence-corrected chi connectivity index (χ0v) is 23.4. The summed E-state index contributed by atoms with van der Waals surface area (Å²) in [6, 6.07) is 16.6. The fourth-order valence-electron chi connectivity index (χ4n) is 4.52. The van der Waals surface area contributed by atoms with Gasteiger partial charge in [-0.3, -0.25) is 14.5 Å². The van der Waals surface area contributed by atoms with E-state index in [2.05, 4.69) is 20.8 Å². The maximum atomic E-state index is 13.5. The van der Waals surface area contributed by atoms with E-state index in [4.69, 9.17) is 32.7 Å². The maximum absolute atomic E-state index is 13.5. The summed E-state index contributed by atoms with van der Waals surface area (Å²) < 4.78 is 10.8. The molecule has 0 bridgehead atoms. The van der Waals surface area contributed by atoms with Crippen LogP contribution < -0.4 is 14.4 Å². The minimum Gasteiger partial charge on any atom is -0.507 e. The van der Waals surface area contributed by atoms with Crippen molar-refractivity contribution >= 4 is 46.3 Å². The van der Waals surface area contributed by atoms with E-state index >= 15 is 0 Å². The summed E-state index contributed by atoms with van der Waals surface area (Å²) in [7, 11) is 1.43. The second-order valence-electron chi connectivity index (χ2n) is 9.94. The lowest BCUT2D eigenvalue weighted by Crippen LogP contribution is -2.29. The van der Waals surface area contributed by atoms with Crippen LogP contribution in [0, 0.1) is 0 Å². The predicted molar refractivity (Wildman–Crippen MR) is 151 cm³/mol. The van der Waals surface area contributed by atoms with Crippen LogP contribution in [0.4, 0.5) is 5.69 Å². The first kappa shape index (κ1) is 27.6. The highest BCUT2D eigenvalue weighted by Crippen LogP contribution is 2.44. The van der Waals surface area contributed by atoms with Crippen molar-refractivity contribution < 1.29 is 24.2 Å². The topological polar surface area (TPSA) is 76.1 Å². The van der Waals surface area contributed by atoms with E-state index in [0.29, 0.717) is 23.6 Å². The van der Waals surface area contributed by atoms with Crippen LogP contribution in [0.2, 0.25) is 10.0 Å². The summed E-state index contributed by atoms with van der Waals surface area (Å²) in [5.41, 5.74) is 2.24. The molecule has 0 saturated carbocycles. The van der Waals surface area contributed by atoms with E-state index in [1.54, 1.807) is 24.3 Å². The van der Waals surface area contributed by atoms with Gasteiger partial charge in [0.05, 0.1) is 35.4 Å². The standard InChI is InChI=1S/C30H29Cl2NO5/c1-6-38-21-9-7-8-20(16-21)33-25(17-10-12-19(13-11-17)30(2,3)4)24(27(35)29(33)36)26(34)18-14-22(31)28(37-5)23(32)15-18/h7-16,25,34H,6H2,1-5H3/b26-24+. The van der Waals surface area contributed by atoms with Gasteiger partial charge in [-0.1, -0.05) is 74.3 Å². The van der Waals surface area contributed by atoms with Gasteiger partial charge >= 0.3 is 0 Å². The lowest BCUT2D eigenvalue weighted by Gasteiger charge is -2.27. The highest BCUT2D eigenvalue weighted by atomic mass is 35.5. The van der Waals surface area contributed by atoms with Crippen molar-refractivity contribution in [3.8, 4) is 11.5 Å². The number of methoxy groups -OCH3 is 1. The lowest BCUT2D eigenvalue weighted by molar-refractivity contribution is -0.132. The van der Waals surface area contributed by atoms with Crippen molar-refractivity contribution in [3.05, 3.63) is 93.0 Å². The Bertz CT molecular complexity index is 1400. The van der Waals surface area contributed by atoms with Gasteiger partial charge in [0, 0.05) is 17.3 Å². The lowest BCUT2D eigenvalue weighted by atomic mass is 9.85. The van der Waals surface area contributed by atoms with Crippen LogP contribution in [-0.2, 0) is 15.0 Å². The third-order valence-electron chi connectivity index (χ3n) is 6.42. The van der Waals surface area contributed by atoms with Gasteiger partial charge < -0.3 is 14.6 Å². The number of carbonyl (C=O) groups excluding carboxylic acids is 2. The number of nitrogens with zero attached hydrogens (tertiary/aromatic N) is 1. The van der Waals surface area contributed by atoms with Crippen molar-refractivity contribution in [2.24, 2.45) is 0 Å². The Labute approximate surface area is 232 Å². The number of aliphatic hydroxyl groups excluding tert-OH is 1. The molecule has 198 valence electrons. The molecular weight excluding hydrogens is 525 g/mol. The van der Waals surface area contributed by atoms with Crippen LogP contribution in [-0.4, -0.2) is 30.5 Å². The second kappa shape index (κ2) is 10.7. The molecule has 1 aliphatic rings. The molecule has 0 aromatic heterocycles. The number of aliphatic hydroxyl groups is 1.